The van der Waals surface area contributed by atoms with Crippen molar-refractivity contribution < 1.29 is 4.74 Å². The van der Waals surface area contributed by atoms with Gasteiger partial charge in [-0.3, -0.25) is 0 Å². The van der Waals surface area contributed by atoms with E-state index in [1.54, 1.807) is 0 Å². The van der Waals surface area contributed by atoms with Gasteiger partial charge in [0.15, 0.2) is 0 Å². The van der Waals surface area contributed by atoms with Gasteiger partial charge in [-0.2, -0.15) is 0 Å². The Morgan fingerprint density at radius 3 is 2.94 bits per heavy atom. The third kappa shape index (κ3) is 3.22. The van der Waals surface area contributed by atoms with Crippen LogP contribution in [0.1, 0.15) is 18.9 Å². The topological polar surface area (TPSA) is 35.2 Å². The number of ether oxygens (including phenoxy) is 1. The summed E-state index contributed by atoms with van der Waals surface area (Å²) < 4.78 is 6.55. The Morgan fingerprint density at radius 1 is 1.59 bits per heavy atom. The van der Waals surface area contributed by atoms with Crippen molar-refractivity contribution in [1.82, 2.24) is 0 Å². The Morgan fingerprint density at radius 2 is 2.35 bits per heavy atom. The molecule has 0 radical (unpaired) electrons. The van der Waals surface area contributed by atoms with Crippen LogP contribution in [0, 0.1) is 5.92 Å². The fraction of sp³-hybridized carbons (Fsp3) is 0.538. The molecule has 0 amide bonds. The molecule has 2 rings (SSSR count). The third-order valence-electron chi connectivity index (χ3n) is 3.46. The third-order valence-corrected chi connectivity index (χ3v) is 4.30. The molecule has 1 aromatic rings. The Labute approximate surface area is 116 Å². The van der Waals surface area contributed by atoms with Gasteiger partial charge in [-0.1, -0.05) is 33.6 Å². The fourth-order valence-corrected chi connectivity index (χ4v) is 3.15. The summed E-state index contributed by atoms with van der Waals surface area (Å²) in [5.41, 5.74) is 7.37. The van der Waals surface area contributed by atoms with Crippen LogP contribution in [0.3, 0.4) is 0 Å². The summed E-state index contributed by atoms with van der Waals surface area (Å²) in [7, 11) is 0. The first-order valence-corrected chi connectivity index (χ1v) is 7.06. The van der Waals surface area contributed by atoms with Crippen LogP contribution >= 0.6 is 27.5 Å². The number of halogens is 2. The lowest BCUT2D eigenvalue weighted by Crippen LogP contribution is -2.36. The lowest BCUT2D eigenvalue weighted by Gasteiger charge is -2.22. The van der Waals surface area contributed by atoms with E-state index in [0.29, 0.717) is 5.92 Å². The van der Waals surface area contributed by atoms with Crippen molar-refractivity contribution in [2.24, 2.45) is 11.7 Å². The first-order chi connectivity index (χ1) is 8.08. The summed E-state index contributed by atoms with van der Waals surface area (Å²) >= 11 is 9.60. The molecule has 1 heterocycles. The molecule has 0 aromatic heterocycles. The average molecular weight is 319 g/mol. The molecule has 0 spiro atoms. The van der Waals surface area contributed by atoms with Crippen molar-refractivity contribution in [3.8, 4) is 0 Å². The van der Waals surface area contributed by atoms with Crippen molar-refractivity contribution in [1.29, 1.82) is 0 Å². The van der Waals surface area contributed by atoms with Gasteiger partial charge in [0.1, 0.15) is 0 Å². The molecular formula is C13H17BrClNO. The first kappa shape index (κ1) is 13.3. The maximum absolute atomic E-state index is 6.26. The van der Waals surface area contributed by atoms with E-state index in [-0.39, 0.29) is 12.1 Å². The highest BCUT2D eigenvalue weighted by atomic mass is 79.9. The van der Waals surface area contributed by atoms with Crippen LogP contribution in [-0.4, -0.2) is 18.8 Å². The molecule has 1 aliphatic heterocycles. The second-order valence-corrected chi connectivity index (χ2v) is 5.96. The highest BCUT2D eigenvalue weighted by Gasteiger charge is 2.29. The Kier molecular flexibility index (Phi) is 4.47. The fourth-order valence-electron chi connectivity index (χ4n) is 2.40. The first-order valence-electron chi connectivity index (χ1n) is 5.89. The zero-order valence-corrected chi connectivity index (χ0v) is 12.2. The maximum Gasteiger partial charge on any atom is 0.0590 e. The minimum Gasteiger partial charge on any atom is -0.378 e. The number of nitrogens with two attached hydrogens (primary N) is 1. The van der Waals surface area contributed by atoms with Crippen molar-refractivity contribution in [3.05, 3.63) is 33.3 Å². The predicted molar refractivity (Wildman–Crippen MR) is 74.4 cm³/mol. The van der Waals surface area contributed by atoms with E-state index in [1.807, 2.05) is 18.2 Å². The molecule has 3 atom stereocenters. The van der Waals surface area contributed by atoms with Gasteiger partial charge in [0.05, 0.1) is 6.10 Å². The van der Waals surface area contributed by atoms with Crippen LogP contribution in [0.5, 0.6) is 0 Å². The molecule has 3 unspecified atom stereocenters. The molecule has 1 aromatic carbocycles. The van der Waals surface area contributed by atoms with Crippen LogP contribution in [0.2, 0.25) is 5.02 Å². The van der Waals surface area contributed by atoms with Gasteiger partial charge in [0, 0.05) is 28.1 Å². The molecule has 1 aliphatic rings. The number of rotatable bonds is 3. The zero-order valence-electron chi connectivity index (χ0n) is 9.83. The summed E-state index contributed by atoms with van der Waals surface area (Å²) in [6, 6.07) is 6.07. The molecule has 4 heteroatoms. The van der Waals surface area contributed by atoms with Crippen molar-refractivity contribution >= 4 is 27.5 Å². The summed E-state index contributed by atoms with van der Waals surface area (Å²) in [5, 5.41) is 0.779. The summed E-state index contributed by atoms with van der Waals surface area (Å²) in [6.45, 7) is 2.92. The van der Waals surface area contributed by atoms with E-state index in [1.165, 1.54) is 0 Å². The van der Waals surface area contributed by atoms with E-state index < -0.39 is 0 Å². The maximum atomic E-state index is 6.26. The summed E-state index contributed by atoms with van der Waals surface area (Å²) in [5.74, 6) is 0.440. The molecule has 0 aliphatic carbocycles. The minimum absolute atomic E-state index is 0.117. The Balaban J connectivity index is 2.04. The van der Waals surface area contributed by atoms with Crippen LogP contribution in [0.15, 0.2) is 22.7 Å². The van der Waals surface area contributed by atoms with Crippen molar-refractivity contribution in [3.63, 3.8) is 0 Å². The molecule has 2 nitrogen and oxygen atoms in total. The Hall–Kier alpha value is -0.0900. The highest BCUT2D eigenvalue weighted by Crippen LogP contribution is 2.27. The quantitative estimate of drug-likeness (QED) is 0.927. The van der Waals surface area contributed by atoms with E-state index in [0.717, 1.165) is 34.5 Å². The molecular weight excluding hydrogens is 302 g/mol. The van der Waals surface area contributed by atoms with E-state index in [4.69, 9.17) is 22.1 Å². The van der Waals surface area contributed by atoms with Crippen molar-refractivity contribution in [2.45, 2.75) is 31.9 Å². The Bertz CT molecular complexity index is 399. The molecule has 2 N–H and O–H groups in total. The van der Waals surface area contributed by atoms with E-state index in [9.17, 15) is 0 Å². The van der Waals surface area contributed by atoms with Gasteiger partial charge >= 0.3 is 0 Å². The molecule has 17 heavy (non-hydrogen) atoms. The average Bonchev–Trinajstić information content (AvgIpc) is 2.68. The smallest absolute Gasteiger partial charge is 0.0590 e. The minimum atomic E-state index is 0.117. The van der Waals surface area contributed by atoms with Crippen LogP contribution in [-0.2, 0) is 11.2 Å². The largest absolute Gasteiger partial charge is 0.378 e. The second-order valence-electron chi connectivity index (χ2n) is 4.63. The zero-order chi connectivity index (χ0) is 12.4. The van der Waals surface area contributed by atoms with Crippen LogP contribution < -0.4 is 5.73 Å². The molecule has 0 saturated carbocycles. The number of benzene rings is 1. The normalized spacial score (nSPS) is 26.1. The van der Waals surface area contributed by atoms with E-state index >= 15 is 0 Å². The van der Waals surface area contributed by atoms with Gasteiger partial charge in [-0.15, -0.1) is 0 Å². The molecule has 0 bridgehead atoms. The van der Waals surface area contributed by atoms with E-state index in [2.05, 4.69) is 22.9 Å². The highest BCUT2D eigenvalue weighted by molar-refractivity contribution is 9.10. The van der Waals surface area contributed by atoms with Gasteiger partial charge in [0.25, 0.3) is 0 Å². The van der Waals surface area contributed by atoms with Crippen LogP contribution in [0.25, 0.3) is 0 Å². The second kappa shape index (κ2) is 5.70. The monoisotopic (exact) mass is 317 g/mol. The number of hydrogen-bond donors (Lipinski definition) is 1. The van der Waals surface area contributed by atoms with Crippen LogP contribution in [0.4, 0.5) is 0 Å². The number of hydrogen-bond acceptors (Lipinski definition) is 2. The summed E-state index contributed by atoms with van der Waals surface area (Å²) in [6.07, 6.45) is 2.13. The van der Waals surface area contributed by atoms with Crippen molar-refractivity contribution in [2.75, 3.05) is 6.61 Å². The lowest BCUT2D eigenvalue weighted by atomic mass is 9.89. The SMILES string of the molecule is CC1OCCC1C(N)Cc1ccc(Br)cc1Cl. The predicted octanol–water partition coefficient (Wildman–Crippen LogP) is 3.40. The van der Waals surface area contributed by atoms with Gasteiger partial charge < -0.3 is 10.5 Å². The molecule has 1 fully saturated rings. The van der Waals surface area contributed by atoms with Gasteiger partial charge in [-0.05, 0) is 37.5 Å². The summed E-state index contributed by atoms with van der Waals surface area (Å²) in [4.78, 5) is 0. The van der Waals surface area contributed by atoms with Gasteiger partial charge in [-0.25, -0.2) is 0 Å². The molecule has 1 saturated heterocycles. The lowest BCUT2D eigenvalue weighted by molar-refractivity contribution is 0.0995. The standard InChI is InChI=1S/C13H17BrClNO/c1-8-11(4-5-17-8)13(16)6-9-2-3-10(14)7-12(9)15/h2-3,7-8,11,13H,4-6,16H2,1H3. The van der Waals surface area contributed by atoms with Gasteiger partial charge in [0.2, 0.25) is 0 Å². The molecule has 94 valence electrons.